The normalized spacial score (nSPS) is 15.3. The molecule has 1 aliphatic heterocycles. The quantitative estimate of drug-likeness (QED) is 0.610. The summed E-state index contributed by atoms with van der Waals surface area (Å²) in [6, 6.07) is 11.3. The molecule has 30 heavy (non-hydrogen) atoms. The van der Waals surface area contributed by atoms with Crippen molar-refractivity contribution in [2.24, 2.45) is 0 Å². The molecule has 1 atom stereocenters. The Morgan fingerprint density at radius 1 is 1.00 bits per heavy atom. The maximum atomic E-state index is 12.9. The molecule has 0 saturated carbocycles. The highest BCUT2D eigenvalue weighted by Gasteiger charge is 2.32. The van der Waals surface area contributed by atoms with Crippen molar-refractivity contribution < 1.29 is 23.7 Å². The van der Waals surface area contributed by atoms with Crippen molar-refractivity contribution in [3.05, 3.63) is 47.5 Å². The van der Waals surface area contributed by atoms with Crippen molar-refractivity contribution in [2.45, 2.75) is 38.6 Å². The molecule has 0 radical (unpaired) electrons. The molecule has 1 heterocycles. The third kappa shape index (κ3) is 4.81. The van der Waals surface area contributed by atoms with Gasteiger partial charge in [0.15, 0.2) is 11.5 Å². The fraction of sp³-hybridized carbons (Fsp3) is 0.458. The zero-order valence-electron chi connectivity index (χ0n) is 18.3. The molecule has 0 bridgehead atoms. The van der Waals surface area contributed by atoms with E-state index in [1.165, 1.54) is 0 Å². The van der Waals surface area contributed by atoms with E-state index in [9.17, 15) is 4.79 Å². The molecular formula is C24H31NO5. The van der Waals surface area contributed by atoms with E-state index < -0.39 is 0 Å². The number of benzene rings is 2. The Bertz CT molecular complexity index is 849. The van der Waals surface area contributed by atoms with Crippen LogP contribution in [0.25, 0.3) is 0 Å². The zero-order valence-corrected chi connectivity index (χ0v) is 18.3. The average Bonchev–Trinajstić information content (AvgIpc) is 2.80. The van der Waals surface area contributed by atoms with E-state index in [2.05, 4.69) is 6.92 Å². The summed E-state index contributed by atoms with van der Waals surface area (Å²) in [5.74, 6) is 3.05. The topological polar surface area (TPSA) is 57.2 Å². The molecule has 1 aliphatic rings. The first kappa shape index (κ1) is 21.8. The third-order valence-corrected chi connectivity index (χ3v) is 5.53. The maximum absolute atomic E-state index is 12.9. The van der Waals surface area contributed by atoms with Gasteiger partial charge in [-0.3, -0.25) is 4.79 Å². The summed E-state index contributed by atoms with van der Waals surface area (Å²) in [6.07, 6.45) is 3.22. The van der Waals surface area contributed by atoms with Gasteiger partial charge in [0, 0.05) is 13.0 Å². The first-order valence-corrected chi connectivity index (χ1v) is 10.4. The van der Waals surface area contributed by atoms with Gasteiger partial charge in [-0.25, -0.2) is 0 Å². The smallest absolute Gasteiger partial charge is 0.223 e. The molecule has 0 unspecified atom stereocenters. The first-order chi connectivity index (χ1) is 14.6. The lowest BCUT2D eigenvalue weighted by Gasteiger charge is -2.37. The Labute approximate surface area is 178 Å². The second-order valence-electron chi connectivity index (χ2n) is 7.35. The monoisotopic (exact) mass is 413 g/mol. The molecule has 0 aromatic heterocycles. The number of fused-ring (bicyclic) bond motifs is 1. The van der Waals surface area contributed by atoms with E-state index in [4.69, 9.17) is 18.9 Å². The summed E-state index contributed by atoms with van der Waals surface area (Å²) in [4.78, 5) is 14.9. The standard InChI is InChI=1S/C24H31NO5/c1-5-6-7-24(26)25-13-12-17-14-22(28-3)23(29-4)15-20(17)21(25)16-30-19-10-8-18(27-2)9-11-19/h8-11,14-15,21H,5-7,12-13,16H2,1-4H3/t21-/m0/s1. The molecule has 0 N–H and O–H groups in total. The minimum atomic E-state index is -0.181. The van der Waals surface area contributed by atoms with E-state index in [0.717, 1.165) is 41.9 Å². The summed E-state index contributed by atoms with van der Waals surface area (Å²) in [5, 5.41) is 0. The number of nitrogens with zero attached hydrogens (tertiary/aromatic N) is 1. The van der Waals surface area contributed by atoms with E-state index in [-0.39, 0.29) is 11.9 Å². The van der Waals surface area contributed by atoms with Gasteiger partial charge in [0.05, 0.1) is 27.4 Å². The number of carbonyl (C=O) groups excluding carboxylic acids is 1. The number of methoxy groups -OCH3 is 3. The Balaban J connectivity index is 1.89. The molecule has 0 fully saturated rings. The minimum Gasteiger partial charge on any atom is -0.497 e. The van der Waals surface area contributed by atoms with Gasteiger partial charge in [-0.2, -0.15) is 0 Å². The lowest BCUT2D eigenvalue weighted by molar-refractivity contribution is -0.135. The summed E-state index contributed by atoms with van der Waals surface area (Å²) in [7, 11) is 4.90. The van der Waals surface area contributed by atoms with E-state index >= 15 is 0 Å². The number of ether oxygens (including phenoxy) is 4. The number of unbranched alkanes of at least 4 members (excludes halogenated alkanes) is 1. The highest BCUT2D eigenvalue weighted by molar-refractivity contribution is 5.77. The third-order valence-electron chi connectivity index (χ3n) is 5.53. The van der Waals surface area contributed by atoms with Crippen molar-refractivity contribution in [1.29, 1.82) is 0 Å². The molecule has 6 nitrogen and oxygen atoms in total. The highest BCUT2D eigenvalue weighted by Crippen LogP contribution is 2.38. The number of rotatable bonds is 9. The van der Waals surface area contributed by atoms with Crippen molar-refractivity contribution in [1.82, 2.24) is 4.90 Å². The molecule has 2 aromatic rings. The summed E-state index contributed by atoms with van der Waals surface area (Å²) < 4.78 is 22.3. The van der Waals surface area contributed by atoms with Crippen LogP contribution < -0.4 is 18.9 Å². The van der Waals surface area contributed by atoms with Crippen LogP contribution >= 0.6 is 0 Å². The Morgan fingerprint density at radius 2 is 1.67 bits per heavy atom. The maximum Gasteiger partial charge on any atom is 0.223 e. The van der Waals surface area contributed by atoms with Crippen LogP contribution in [0.3, 0.4) is 0 Å². The van der Waals surface area contributed by atoms with Crippen LogP contribution in [0.1, 0.15) is 43.4 Å². The molecule has 162 valence electrons. The van der Waals surface area contributed by atoms with Crippen LogP contribution in [0.4, 0.5) is 0 Å². The van der Waals surface area contributed by atoms with Crippen LogP contribution in [0.5, 0.6) is 23.0 Å². The minimum absolute atomic E-state index is 0.167. The summed E-state index contributed by atoms with van der Waals surface area (Å²) >= 11 is 0. The van der Waals surface area contributed by atoms with Crippen LogP contribution in [0.15, 0.2) is 36.4 Å². The van der Waals surface area contributed by atoms with Crippen molar-refractivity contribution >= 4 is 5.91 Å². The van der Waals surface area contributed by atoms with Crippen molar-refractivity contribution in [3.8, 4) is 23.0 Å². The molecular weight excluding hydrogens is 382 g/mol. The molecule has 0 aliphatic carbocycles. The second kappa shape index (κ2) is 10.2. The predicted octanol–water partition coefficient (Wildman–Crippen LogP) is 4.41. The molecule has 3 rings (SSSR count). The predicted molar refractivity (Wildman–Crippen MR) is 116 cm³/mol. The number of hydrogen-bond donors (Lipinski definition) is 0. The number of carbonyl (C=O) groups is 1. The molecule has 0 saturated heterocycles. The Morgan fingerprint density at radius 3 is 2.30 bits per heavy atom. The number of hydrogen-bond acceptors (Lipinski definition) is 5. The van der Waals surface area contributed by atoms with Gasteiger partial charge in [0.2, 0.25) is 5.91 Å². The lowest BCUT2D eigenvalue weighted by atomic mass is 9.91. The van der Waals surface area contributed by atoms with E-state index in [1.54, 1.807) is 21.3 Å². The first-order valence-electron chi connectivity index (χ1n) is 10.4. The fourth-order valence-corrected chi connectivity index (χ4v) is 3.83. The number of amides is 1. The summed E-state index contributed by atoms with van der Waals surface area (Å²) in [5.41, 5.74) is 2.22. The van der Waals surface area contributed by atoms with E-state index in [1.807, 2.05) is 41.3 Å². The van der Waals surface area contributed by atoms with Crippen LogP contribution in [0, 0.1) is 0 Å². The van der Waals surface area contributed by atoms with Gasteiger partial charge < -0.3 is 23.8 Å². The van der Waals surface area contributed by atoms with Gasteiger partial charge in [-0.05, 0) is 60.4 Å². The van der Waals surface area contributed by atoms with Crippen molar-refractivity contribution in [3.63, 3.8) is 0 Å². The molecule has 6 heteroatoms. The molecule has 1 amide bonds. The van der Waals surface area contributed by atoms with Crippen molar-refractivity contribution in [2.75, 3.05) is 34.5 Å². The van der Waals surface area contributed by atoms with Crippen LogP contribution in [0.2, 0.25) is 0 Å². The van der Waals surface area contributed by atoms with E-state index in [0.29, 0.717) is 31.1 Å². The van der Waals surface area contributed by atoms with Gasteiger partial charge in [0.25, 0.3) is 0 Å². The van der Waals surface area contributed by atoms with Gasteiger partial charge in [-0.1, -0.05) is 13.3 Å². The van der Waals surface area contributed by atoms with Crippen LogP contribution in [-0.2, 0) is 11.2 Å². The SMILES string of the molecule is CCCCC(=O)N1CCc2cc(OC)c(OC)cc2[C@@H]1COc1ccc(OC)cc1. The molecule has 0 spiro atoms. The second-order valence-corrected chi connectivity index (χ2v) is 7.35. The van der Waals surface area contributed by atoms with Gasteiger partial charge in [-0.15, -0.1) is 0 Å². The lowest BCUT2D eigenvalue weighted by Crippen LogP contribution is -2.42. The zero-order chi connectivity index (χ0) is 21.5. The Hall–Kier alpha value is -2.89. The van der Waals surface area contributed by atoms with Crippen LogP contribution in [-0.4, -0.2) is 45.3 Å². The average molecular weight is 414 g/mol. The summed E-state index contributed by atoms with van der Waals surface area (Å²) in [6.45, 7) is 3.13. The fourth-order valence-electron chi connectivity index (χ4n) is 3.83. The van der Waals surface area contributed by atoms with Gasteiger partial charge in [0.1, 0.15) is 18.1 Å². The Kier molecular flexibility index (Phi) is 7.44. The highest BCUT2D eigenvalue weighted by atomic mass is 16.5. The molecule has 2 aromatic carbocycles. The van der Waals surface area contributed by atoms with Gasteiger partial charge >= 0.3 is 0 Å². The largest absolute Gasteiger partial charge is 0.497 e.